The number of alkyl halides is 3. The van der Waals surface area contributed by atoms with Crippen LogP contribution < -0.4 is 0 Å². The lowest BCUT2D eigenvalue weighted by Crippen LogP contribution is -2.30. The molecule has 0 saturated heterocycles. The Labute approximate surface area is 185 Å². The third kappa shape index (κ3) is 14.4. The zero-order valence-corrected chi connectivity index (χ0v) is 19.0. The predicted molar refractivity (Wildman–Crippen MR) is 109 cm³/mol. The molecule has 182 valence electrons. The number of esters is 1. The molecule has 0 saturated carbocycles. The molecule has 0 aromatic heterocycles. The number of hydrogen-bond acceptors (Lipinski definition) is 7. The minimum Gasteiger partial charge on any atom is -0.462 e. The van der Waals surface area contributed by atoms with E-state index in [1.54, 1.807) is 26.8 Å². The van der Waals surface area contributed by atoms with Crippen LogP contribution in [-0.2, 0) is 29.1 Å². The summed E-state index contributed by atoms with van der Waals surface area (Å²) < 4.78 is 81.0. The monoisotopic (exact) mass is 484 g/mol. The second kappa shape index (κ2) is 12.4. The molecule has 1 aromatic rings. The van der Waals surface area contributed by atoms with Crippen molar-refractivity contribution in [3.63, 3.8) is 0 Å². The summed E-state index contributed by atoms with van der Waals surface area (Å²) in [5, 5.41) is 0. The number of halogens is 3. The van der Waals surface area contributed by atoms with E-state index in [1.165, 1.54) is 31.2 Å². The van der Waals surface area contributed by atoms with Crippen LogP contribution in [0.1, 0.15) is 45.8 Å². The SMILES string of the molecule is C=C(C)C(=O)OCCCS(=O)(=O)O.CC(C)(C)OC(=O)OC(c1ccccc1)C(F)(F)F. The molecule has 1 aromatic carbocycles. The predicted octanol–water partition coefficient (Wildman–Crippen LogP) is 4.63. The molecule has 0 fully saturated rings. The topological polar surface area (TPSA) is 116 Å². The summed E-state index contributed by atoms with van der Waals surface area (Å²) >= 11 is 0. The summed E-state index contributed by atoms with van der Waals surface area (Å²) in [6, 6.07) is 6.93. The first-order valence-electron chi connectivity index (χ1n) is 9.21. The summed E-state index contributed by atoms with van der Waals surface area (Å²) in [4.78, 5) is 22.1. The minimum atomic E-state index is -4.70. The highest BCUT2D eigenvalue weighted by Crippen LogP contribution is 2.36. The van der Waals surface area contributed by atoms with E-state index in [4.69, 9.17) is 9.29 Å². The van der Waals surface area contributed by atoms with Gasteiger partial charge in [0.1, 0.15) is 5.60 Å². The van der Waals surface area contributed by atoms with Crippen LogP contribution in [0.15, 0.2) is 42.5 Å². The van der Waals surface area contributed by atoms with Crippen molar-refractivity contribution in [2.24, 2.45) is 0 Å². The quantitative estimate of drug-likeness (QED) is 0.258. The van der Waals surface area contributed by atoms with Gasteiger partial charge in [0.15, 0.2) is 0 Å². The molecule has 0 bridgehead atoms. The van der Waals surface area contributed by atoms with Crippen LogP contribution in [0.25, 0.3) is 0 Å². The fourth-order valence-corrected chi connectivity index (χ4v) is 2.33. The van der Waals surface area contributed by atoms with Crippen molar-refractivity contribution < 1.29 is 49.9 Å². The molecule has 0 aliphatic rings. The molecule has 1 unspecified atom stereocenters. The molecule has 0 aliphatic heterocycles. The van der Waals surface area contributed by atoms with Gasteiger partial charge in [-0.1, -0.05) is 36.9 Å². The van der Waals surface area contributed by atoms with E-state index < -0.39 is 45.9 Å². The van der Waals surface area contributed by atoms with Crippen LogP contribution in [0, 0.1) is 0 Å². The van der Waals surface area contributed by atoms with Gasteiger partial charge in [0, 0.05) is 11.1 Å². The number of carbonyl (C=O) groups is 2. The Morgan fingerprint density at radius 3 is 2.06 bits per heavy atom. The van der Waals surface area contributed by atoms with Gasteiger partial charge in [-0.05, 0) is 34.1 Å². The average molecular weight is 484 g/mol. The second-order valence-electron chi connectivity index (χ2n) is 7.47. The summed E-state index contributed by atoms with van der Waals surface area (Å²) in [6.07, 6.45) is -8.29. The normalized spacial score (nSPS) is 12.6. The van der Waals surface area contributed by atoms with Gasteiger partial charge in [0.2, 0.25) is 6.10 Å². The first-order valence-corrected chi connectivity index (χ1v) is 10.8. The van der Waals surface area contributed by atoms with E-state index >= 15 is 0 Å². The number of hydrogen-bond donors (Lipinski definition) is 1. The second-order valence-corrected chi connectivity index (χ2v) is 9.04. The van der Waals surface area contributed by atoms with Crippen molar-refractivity contribution in [1.29, 1.82) is 0 Å². The smallest absolute Gasteiger partial charge is 0.462 e. The molecular formula is C20H27F3O8S. The molecule has 12 heteroatoms. The average Bonchev–Trinajstić information content (AvgIpc) is 2.61. The van der Waals surface area contributed by atoms with Crippen LogP contribution in [0.4, 0.5) is 18.0 Å². The van der Waals surface area contributed by atoms with Crippen LogP contribution >= 0.6 is 0 Å². The van der Waals surface area contributed by atoms with Crippen molar-refractivity contribution in [3.8, 4) is 0 Å². The highest BCUT2D eigenvalue weighted by molar-refractivity contribution is 7.85. The fraction of sp³-hybridized carbons (Fsp3) is 0.500. The lowest BCUT2D eigenvalue weighted by molar-refractivity contribution is -0.214. The highest BCUT2D eigenvalue weighted by atomic mass is 32.2. The highest BCUT2D eigenvalue weighted by Gasteiger charge is 2.44. The Bertz CT molecular complexity index is 859. The van der Waals surface area contributed by atoms with Crippen molar-refractivity contribution in [1.82, 2.24) is 0 Å². The lowest BCUT2D eigenvalue weighted by Gasteiger charge is -2.24. The van der Waals surface area contributed by atoms with Gasteiger partial charge in [-0.15, -0.1) is 0 Å². The molecule has 1 rings (SSSR count). The van der Waals surface area contributed by atoms with Gasteiger partial charge in [0.05, 0.1) is 12.4 Å². The molecule has 0 aliphatic carbocycles. The van der Waals surface area contributed by atoms with Crippen molar-refractivity contribution >= 4 is 22.2 Å². The molecule has 1 atom stereocenters. The fourth-order valence-electron chi connectivity index (χ4n) is 1.85. The van der Waals surface area contributed by atoms with Crippen molar-refractivity contribution in [2.75, 3.05) is 12.4 Å². The van der Waals surface area contributed by atoms with E-state index in [-0.39, 0.29) is 24.2 Å². The van der Waals surface area contributed by atoms with Crippen LogP contribution in [0.2, 0.25) is 0 Å². The zero-order valence-electron chi connectivity index (χ0n) is 18.1. The van der Waals surface area contributed by atoms with E-state index in [1.807, 2.05) is 0 Å². The van der Waals surface area contributed by atoms with E-state index in [0.717, 1.165) is 0 Å². The Hall–Kier alpha value is -2.60. The standard InChI is InChI=1S/C13H15F3O3.C7H12O5S/c1-12(2,3)19-11(17)18-10(13(14,15)16)9-7-5-4-6-8-9;1-6(2)7(8)12-4-3-5-13(9,10)11/h4-8,10H,1-3H3;1,3-5H2,2H3,(H,9,10,11). The van der Waals surface area contributed by atoms with E-state index in [0.29, 0.717) is 0 Å². The number of benzene rings is 1. The van der Waals surface area contributed by atoms with Gasteiger partial charge < -0.3 is 14.2 Å². The Kier molecular flexibility index (Phi) is 11.4. The number of ether oxygens (including phenoxy) is 3. The van der Waals surface area contributed by atoms with Crippen LogP contribution in [-0.4, -0.2) is 49.2 Å². The summed E-state index contributed by atoms with van der Waals surface area (Å²) in [5.41, 5.74) is -0.808. The lowest BCUT2D eigenvalue weighted by atomic mass is 10.1. The Balaban J connectivity index is 0.000000649. The molecular weight excluding hydrogens is 457 g/mol. The van der Waals surface area contributed by atoms with Gasteiger partial charge in [0.25, 0.3) is 10.1 Å². The molecule has 0 heterocycles. The maximum absolute atomic E-state index is 12.9. The number of carbonyl (C=O) groups excluding carboxylic acids is 2. The van der Waals surface area contributed by atoms with Gasteiger partial charge >= 0.3 is 18.3 Å². The van der Waals surface area contributed by atoms with Gasteiger partial charge in [-0.25, -0.2) is 9.59 Å². The molecule has 0 amide bonds. The Morgan fingerprint density at radius 1 is 1.12 bits per heavy atom. The van der Waals surface area contributed by atoms with E-state index in [2.05, 4.69) is 16.1 Å². The Morgan fingerprint density at radius 2 is 1.66 bits per heavy atom. The first-order chi connectivity index (χ1) is 14.4. The summed E-state index contributed by atoms with van der Waals surface area (Å²) in [7, 11) is -3.96. The molecule has 1 N–H and O–H groups in total. The number of rotatable bonds is 7. The van der Waals surface area contributed by atoms with Crippen LogP contribution in [0.3, 0.4) is 0 Å². The maximum Gasteiger partial charge on any atom is 0.509 e. The maximum atomic E-state index is 12.9. The molecule has 0 spiro atoms. The van der Waals surface area contributed by atoms with Crippen molar-refractivity contribution in [3.05, 3.63) is 48.0 Å². The third-order valence-corrected chi connectivity index (χ3v) is 3.94. The van der Waals surface area contributed by atoms with Gasteiger partial charge in [-0.2, -0.15) is 21.6 Å². The molecule has 32 heavy (non-hydrogen) atoms. The zero-order chi connectivity index (χ0) is 25.2. The van der Waals surface area contributed by atoms with Crippen molar-refractivity contribution in [2.45, 2.75) is 52.0 Å². The van der Waals surface area contributed by atoms with Crippen LogP contribution in [0.5, 0.6) is 0 Å². The third-order valence-electron chi connectivity index (χ3n) is 3.13. The van der Waals surface area contributed by atoms with E-state index in [9.17, 15) is 31.2 Å². The first kappa shape index (κ1) is 29.4. The minimum absolute atomic E-state index is 0.0362. The molecule has 8 nitrogen and oxygen atoms in total. The summed E-state index contributed by atoms with van der Waals surface area (Å²) in [5.74, 6) is -0.966. The molecule has 0 radical (unpaired) electrons. The summed E-state index contributed by atoms with van der Waals surface area (Å²) in [6.45, 7) is 9.42. The van der Waals surface area contributed by atoms with Gasteiger partial charge in [-0.3, -0.25) is 4.55 Å². The largest absolute Gasteiger partial charge is 0.509 e.